The van der Waals surface area contributed by atoms with Crippen molar-refractivity contribution in [2.24, 2.45) is 0 Å². The van der Waals surface area contributed by atoms with Crippen LogP contribution < -0.4 is 4.74 Å². The third kappa shape index (κ3) is 4.75. The topological polar surface area (TPSA) is 48.1 Å². The van der Waals surface area contributed by atoms with E-state index >= 15 is 0 Å². The Bertz CT molecular complexity index is 825. The SMILES string of the molecule is O=C(Oc1ccc(F)c(F)c1)c1ccc(C2CCC(OCC3CO3)CC2)cc1. The first-order chi connectivity index (χ1) is 13.6. The molecule has 0 amide bonds. The highest BCUT2D eigenvalue weighted by Crippen LogP contribution is 2.34. The van der Waals surface area contributed by atoms with Crippen LogP contribution in [0.3, 0.4) is 0 Å². The molecular weight excluding hydrogens is 366 g/mol. The van der Waals surface area contributed by atoms with Crippen LogP contribution in [-0.2, 0) is 9.47 Å². The number of benzene rings is 2. The van der Waals surface area contributed by atoms with Crippen molar-refractivity contribution in [1.29, 1.82) is 0 Å². The molecule has 1 saturated heterocycles. The lowest BCUT2D eigenvalue weighted by molar-refractivity contribution is 0.0165. The fourth-order valence-electron chi connectivity index (χ4n) is 3.57. The molecule has 1 atom stereocenters. The summed E-state index contributed by atoms with van der Waals surface area (Å²) in [5, 5.41) is 0. The molecule has 2 aromatic rings. The zero-order valence-corrected chi connectivity index (χ0v) is 15.4. The van der Waals surface area contributed by atoms with Gasteiger partial charge in [-0.2, -0.15) is 0 Å². The van der Waals surface area contributed by atoms with Gasteiger partial charge in [0.15, 0.2) is 11.6 Å². The van der Waals surface area contributed by atoms with Crippen LogP contribution in [0.25, 0.3) is 0 Å². The first-order valence-corrected chi connectivity index (χ1v) is 9.59. The lowest BCUT2D eigenvalue weighted by Gasteiger charge is -2.28. The Labute approximate surface area is 162 Å². The normalized spacial score (nSPS) is 24.0. The van der Waals surface area contributed by atoms with Crippen LogP contribution in [-0.4, -0.2) is 31.4 Å². The number of ether oxygens (including phenoxy) is 3. The zero-order valence-electron chi connectivity index (χ0n) is 15.4. The quantitative estimate of drug-likeness (QED) is 0.411. The van der Waals surface area contributed by atoms with Crippen LogP contribution in [0.4, 0.5) is 8.78 Å². The van der Waals surface area contributed by atoms with Crippen molar-refractivity contribution in [2.75, 3.05) is 13.2 Å². The second-order valence-electron chi connectivity index (χ2n) is 7.35. The van der Waals surface area contributed by atoms with Crippen molar-refractivity contribution in [3.05, 3.63) is 65.2 Å². The molecule has 1 saturated carbocycles. The molecule has 6 heteroatoms. The summed E-state index contributed by atoms with van der Waals surface area (Å²) in [6.07, 6.45) is 4.76. The van der Waals surface area contributed by atoms with E-state index in [0.717, 1.165) is 44.4 Å². The molecule has 1 aliphatic carbocycles. The second-order valence-corrected chi connectivity index (χ2v) is 7.35. The number of halogens is 2. The Hall–Kier alpha value is -2.31. The van der Waals surface area contributed by atoms with Crippen molar-refractivity contribution < 1.29 is 27.8 Å². The van der Waals surface area contributed by atoms with Gasteiger partial charge in [0.1, 0.15) is 11.9 Å². The molecule has 0 radical (unpaired) electrons. The van der Waals surface area contributed by atoms with Crippen molar-refractivity contribution in [3.8, 4) is 5.75 Å². The van der Waals surface area contributed by atoms with E-state index in [2.05, 4.69) is 0 Å². The molecule has 148 valence electrons. The molecule has 2 aliphatic rings. The van der Waals surface area contributed by atoms with Gasteiger partial charge in [-0.05, 0) is 61.4 Å². The maximum atomic E-state index is 13.2. The lowest BCUT2D eigenvalue weighted by Crippen LogP contribution is -2.22. The minimum atomic E-state index is -1.05. The summed E-state index contributed by atoms with van der Waals surface area (Å²) >= 11 is 0. The second kappa shape index (κ2) is 8.37. The number of hydrogen-bond acceptors (Lipinski definition) is 4. The third-order valence-electron chi connectivity index (χ3n) is 5.31. The maximum Gasteiger partial charge on any atom is 0.343 e. The fraction of sp³-hybridized carbons (Fsp3) is 0.409. The molecule has 0 spiro atoms. The molecule has 1 aliphatic heterocycles. The summed E-state index contributed by atoms with van der Waals surface area (Å²) in [6, 6.07) is 10.3. The third-order valence-corrected chi connectivity index (χ3v) is 5.31. The lowest BCUT2D eigenvalue weighted by atomic mass is 9.82. The summed E-state index contributed by atoms with van der Waals surface area (Å²) < 4.78 is 42.3. The number of hydrogen-bond donors (Lipinski definition) is 0. The van der Waals surface area contributed by atoms with Gasteiger partial charge >= 0.3 is 5.97 Å². The fourth-order valence-corrected chi connectivity index (χ4v) is 3.57. The van der Waals surface area contributed by atoms with Crippen molar-refractivity contribution in [3.63, 3.8) is 0 Å². The van der Waals surface area contributed by atoms with Crippen LogP contribution in [0.1, 0.15) is 47.5 Å². The molecule has 4 nitrogen and oxygen atoms in total. The van der Waals surface area contributed by atoms with E-state index in [1.54, 1.807) is 12.1 Å². The van der Waals surface area contributed by atoms with Gasteiger partial charge in [-0.25, -0.2) is 13.6 Å². The average Bonchev–Trinajstić information content (AvgIpc) is 3.54. The van der Waals surface area contributed by atoms with E-state index in [9.17, 15) is 13.6 Å². The highest BCUT2D eigenvalue weighted by molar-refractivity contribution is 5.91. The Morgan fingerprint density at radius 1 is 1.00 bits per heavy atom. The summed E-state index contributed by atoms with van der Waals surface area (Å²) in [7, 11) is 0. The first-order valence-electron chi connectivity index (χ1n) is 9.59. The maximum absolute atomic E-state index is 13.2. The van der Waals surface area contributed by atoms with Gasteiger partial charge in [0.05, 0.1) is 24.9 Å². The summed E-state index contributed by atoms with van der Waals surface area (Å²) in [5.74, 6) is -2.21. The monoisotopic (exact) mass is 388 g/mol. The Balaban J connectivity index is 1.30. The highest BCUT2D eigenvalue weighted by atomic mass is 19.2. The Kier molecular flexibility index (Phi) is 5.69. The van der Waals surface area contributed by atoms with Gasteiger partial charge in [0.2, 0.25) is 0 Å². The molecule has 1 heterocycles. The van der Waals surface area contributed by atoms with E-state index in [1.165, 1.54) is 11.6 Å². The average molecular weight is 388 g/mol. The van der Waals surface area contributed by atoms with Crippen LogP contribution in [0.15, 0.2) is 42.5 Å². The van der Waals surface area contributed by atoms with E-state index < -0.39 is 17.6 Å². The zero-order chi connectivity index (χ0) is 19.5. The Morgan fingerprint density at radius 3 is 2.36 bits per heavy atom. The van der Waals surface area contributed by atoms with E-state index in [4.69, 9.17) is 14.2 Å². The van der Waals surface area contributed by atoms with E-state index in [1.807, 2.05) is 12.1 Å². The summed E-state index contributed by atoms with van der Waals surface area (Å²) in [6.45, 7) is 1.52. The van der Waals surface area contributed by atoms with Crippen LogP contribution in [0, 0.1) is 11.6 Å². The van der Waals surface area contributed by atoms with Gasteiger partial charge in [-0.1, -0.05) is 12.1 Å². The number of esters is 1. The smallest absolute Gasteiger partial charge is 0.343 e. The van der Waals surface area contributed by atoms with Crippen molar-refractivity contribution in [1.82, 2.24) is 0 Å². The van der Waals surface area contributed by atoms with Gasteiger partial charge in [-0.3, -0.25) is 0 Å². The van der Waals surface area contributed by atoms with Gasteiger partial charge in [0, 0.05) is 6.07 Å². The van der Waals surface area contributed by atoms with E-state index in [0.29, 0.717) is 30.3 Å². The minimum absolute atomic E-state index is 0.0251. The minimum Gasteiger partial charge on any atom is -0.423 e. The van der Waals surface area contributed by atoms with E-state index in [-0.39, 0.29) is 5.75 Å². The predicted octanol–water partition coefficient (Wildman–Crippen LogP) is 4.63. The molecular formula is C22H22F2O4. The Morgan fingerprint density at radius 2 is 1.71 bits per heavy atom. The van der Waals surface area contributed by atoms with Crippen LogP contribution in [0.5, 0.6) is 5.75 Å². The number of carbonyl (C=O) groups is 1. The molecule has 0 aromatic heterocycles. The van der Waals surface area contributed by atoms with Gasteiger partial charge < -0.3 is 14.2 Å². The van der Waals surface area contributed by atoms with Gasteiger partial charge in [-0.15, -0.1) is 0 Å². The molecule has 0 bridgehead atoms. The number of carbonyl (C=O) groups excluding carboxylic acids is 1. The molecule has 2 fully saturated rings. The molecule has 2 aromatic carbocycles. The highest BCUT2D eigenvalue weighted by Gasteiger charge is 2.27. The first kappa shape index (κ1) is 19.0. The molecule has 1 unspecified atom stereocenters. The van der Waals surface area contributed by atoms with Gasteiger partial charge in [0.25, 0.3) is 0 Å². The van der Waals surface area contributed by atoms with Crippen molar-refractivity contribution in [2.45, 2.75) is 43.8 Å². The van der Waals surface area contributed by atoms with Crippen LogP contribution in [0.2, 0.25) is 0 Å². The van der Waals surface area contributed by atoms with Crippen molar-refractivity contribution >= 4 is 5.97 Å². The number of rotatable bonds is 6. The molecule has 4 rings (SSSR count). The molecule has 28 heavy (non-hydrogen) atoms. The summed E-state index contributed by atoms with van der Waals surface area (Å²) in [5.41, 5.74) is 1.56. The number of epoxide rings is 1. The van der Waals surface area contributed by atoms with Crippen LogP contribution >= 0.6 is 0 Å². The standard InChI is InChI=1S/C22H22F2O4/c23-20-10-9-18(11-21(20)24)28-22(25)16-3-1-14(2-4-16)15-5-7-17(8-6-15)26-12-19-13-27-19/h1-4,9-11,15,17,19H,5-8,12-13H2. The largest absolute Gasteiger partial charge is 0.423 e. The predicted molar refractivity (Wildman–Crippen MR) is 98.4 cm³/mol. The molecule has 0 N–H and O–H groups in total. The summed E-state index contributed by atoms with van der Waals surface area (Å²) in [4.78, 5) is 12.2.